The molecule has 0 spiro atoms. The number of carboxylic acid groups (broad SMARTS) is 1. The molecule has 0 aliphatic heterocycles. The van der Waals surface area contributed by atoms with Crippen LogP contribution in [-0.2, 0) is 14.8 Å². The van der Waals surface area contributed by atoms with Crippen molar-refractivity contribution in [3.8, 4) is 0 Å². The lowest BCUT2D eigenvalue weighted by Gasteiger charge is -2.23. The number of aryl methyl sites for hydroxylation is 2. The smallest absolute Gasteiger partial charge is 0.318 e. The van der Waals surface area contributed by atoms with Crippen molar-refractivity contribution in [2.24, 2.45) is 0 Å². The number of thiophene rings is 1. The Morgan fingerprint density at radius 3 is 2.33 bits per heavy atom. The summed E-state index contributed by atoms with van der Waals surface area (Å²) in [5.41, 5.74) is 0.661. The van der Waals surface area contributed by atoms with Crippen LogP contribution in [0.1, 0.15) is 24.3 Å². The second kappa shape index (κ2) is 5.38. The molecule has 0 radical (unpaired) electrons. The van der Waals surface area contributed by atoms with Crippen molar-refractivity contribution in [2.75, 3.05) is 6.54 Å². The molecule has 0 bridgehead atoms. The average molecular weight is 291 g/mol. The van der Waals surface area contributed by atoms with E-state index < -0.39 is 28.6 Å². The van der Waals surface area contributed by atoms with Gasteiger partial charge in [0.05, 0.1) is 0 Å². The van der Waals surface area contributed by atoms with Crippen molar-refractivity contribution >= 4 is 27.3 Å². The molecular formula is C11H17NO4S2. The van der Waals surface area contributed by atoms with Gasteiger partial charge in [0.2, 0.25) is 0 Å². The average Bonchev–Trinajstić information content (AvgIpc) is 2.54. The van der Waals surface area contributed by atoms with Gasteiger partial charge in [0, 0.05) is 10.9 Å². The number of carbonyl (C=O) groups is 1. The topological polar surface area (TPSA) is 74.7 Å². The van der Waals surface area contributed by atoms with Crippen LogP contribution in [0.25, 0.3) is 0 Å². The van der Waals surface area contributed by atoms with Crippen LogP contribution < -0.4 is 0 Å². The molecule has 18 heavy (non-hydrogen) atoms. The van der Waals surface area contributed by atoms with Gasteiger partial charge in [-0.05, 0) is 39.3 Å². The largest absolute Gasteiger partial charge is 0.480 e. The minimum absolute atomic E-state index is 0.231. The molecule has 1 rings (SSSR count). The standard InChI is InChI=1S/C11H17NO4S2/c1-7(2)12(6-10(13)14)18(15,16)11-8(3)5-9(4)17-11/h5,7H,6H2,1-4H3,(H,13,14). The molecule has 1 N–H and O–H groups in total. The number of aliphatic carboxylic acids is 1. The van der Waals surface area contributed by atoms with Gasteiger partial charge in [-0.3, -0.25) is 4.79 Å². The second-order valence-corrected chi connectivity index (χ2v) is 7.71. The van der Waals surface area contributed by atoms with Crippen molar-refractivity contribution in [1.29, 1.82) is 0 Å². The molecule has 102 valence electrons. The van der Waals surface area contributed by atoms with Crippen molar-refractivity contribution < 1.29 is 18.3 Å². The Kier molecular flexibility index (Phi) is 4.52. The van der Waals surface area contributed by atoms with Gasteiger partial charge < -0.3 is 5.11 Å². The number of carboxylic acids is 1. The predicted octanol–water partition coefficient (Wildman–Crippen LogP) is 1.85. The molecule has 0 saturated carbocycles. The second-order valence-electron chi connectivity index (χ2n) is 4.37. The fourth-order valence-corrected chi connectivity index (χ4v) is 5.03. The SMILES string of the molecule is Cc1cc(C)c(S(=O)(=O)N(CC(=O)O)C(C)C)s1. The Balaban J connectivity index is 3.25. The van der Waals surface area contributed by atoms with Gasteiger partial charge in [-0.2, -0.15) is 4.31 Å². The molecule has 1 aromatic heterocycles. The van der Waals surface area contributed by atoms with Gasteiger partial charge in [0.25, 0.3) is 10.0 Å². The molecule has 0 atom stereocenters. The van der Waals surface area contributed by atoms with Gasteiger partial charge in [-0.1, -0.05) is 0 Å². The first kappa shape index (κ1) is 15.1. The van der Waals surface area contributed by atoms with Crippen molar-refractivity contribution in [3.63, 3.8) is 0 Å². The Morgan fingerprint density at radius 2 is 2.00 bits per heavy atom. The lowest BCUT2D eigenvalue weighted by Crippen LogP contribution is -2.40. The van der Waals surface area contributed by atoms with Crippen LogP contribution in [0.5, 0.6) is 0 Å². The minimum atomic E-state index is -3.73. The summed E-state index contributed by atoms with van der Waals surface area (Å²) < 4.78 is 26.1. The maximum absolute atomic E-state index is 12.4. The molecule has 7 heteroatoms. The van der Waals surface area contributed by atoms with Crippen LogP contribution in [0.15, 0.2) is 10.3 Å². The number of rotatable bonds is 5. The lowest BCUT2D eigenvalue weighted by atomic mass is 10.4. The van der Waals surface area contributed by atoms with Gasteiger partial charge >= 0.3 is 5.97 Å². The summed E-state index contributed by atoms with van der Waals surface area (Å²) in [7, 11) is -3.73. The zero-order valence-electron chi connectivity index (χ0n) is 10.8. The number of sulfonamides is 1. The first-order valence-corrected chi connectivity index (χ1v) is 7.72. The molecule has 0 aromatic carbocycles. The van der Waals surface area contributed by atoms with Crippen molar-refractivity contribution in [3.05, 3.63) is 16.5 Å². The van der Waals surface area contributed by atoms with E-state index in [0.29, 0.717) is 5.56 Å². The first-order chi connectivity index (χ1) is 8.16. The molecule has 0 amide bonds. The fraction of sp³-hybridized carbons (Fsp3) is 0.545. The van der Waals surface area contributed by atoms with E-state index >= 15 is 0 Å². The maximum atomic E-state index is 12.4. The molecule has 0 saturated heterocycles. The quantitative estimate of drug-likeness (QED) is 0.898. The monoisotopic (exact) mass is 291 g/mol. The van der Waals surface area contributed by atoms with Gasteiger partial charge in [0.15, 0.2) is 0 Å². The van der Waals surface area contributed by atoms with E-state index in [-0.39, 0.29) is 4.21 Å². The summed E-state index contributed by atoms with van der Waals surface area (Å²) in [5.74, 6) is -1.15. The third kappa shape index (κ3) is 3.09. The Bertz CT molecular complexity index is 545. The summed E-state index contributed by atoms with van der Waals surface area (Å²) in [4.78, 5) is 11.7. The summed E-state index contributed by atoms with van der Waals surface area (Å²) in [6.07, 6.45) is 0. The summed E-state index contributed by atoms with van der Waals surface area (Å²) >= 11 is 1.17. The number of nitrogens with zero attached hydrogens (tertiary/aromatic N) is 1. The molecule has 0 aliphatic carbocycles. The van der Waals surface area contributed by atoms with Crippen LogP contribution in [0, 0.1) is 13.8 Å². The molecule has 0 fully saturated rings. The molecule has 1 heterocycles. The summed E-state index contributed by atoms with van der Waals surface area (Å²) in [5, 5.41) is 8.81. The van der Waals surface area contributed by atoms with Crippen molar-refractivity contribution in [1.82, 2.24) is 4.31 Å². The third-order valence-electron chi connectivity index (χ3n) is 2.41. The molecule has 0 aliphatic rings. The van der Waals surface area contributed by atoms with E-state index in [9.17, 15) is 13.2 Å². The first-order valence-electron chi connectivity index (χ1n) is 5.47. The highest BCUT2D eigenvalue weighted by atomic mass is 32.2. The Labute approximate surface area is 111 Å². The van der Waals surface area contributed by atoms with E-state index in [1.54, 1.807) is 26.8 Å². The van der Waals surface area contributed by atoms with E-state index in [1.807, 2.05) is 6.92 Å². The normalized spacial score (nSPS) is 12.3. The fourth-order valence-electron chi connectivity index (χ4n) is 1.66. The number of hydrogen-bond acceptors (Lipinski definition) is 4. The van der Waals surface area contributed by atoms with Gasteiger partial charge in [-0.15, -0.1) is 11.3 Å². The van der Waals surface area contributed by atoms with Crippen LogP contribution in [0.3, 0.4) is 0 Å². The molecule has 5 nitrogen and oxygen atoms in total. The highest BCUT2D eigenvalue weighted by Gasteiger charge is 2.31. The summed E-state index contributed by atoms with van der Waals surface area (Å²) in [6.45, 7) is 6.35. The Morgan fingerprint density at radius 1 is 1.44 bits per heavy atom. The van der Waals surface area contributed by atoms with Crippen LogP contribution in [-0.4, -0.2) is 36.4 Å². The minimum Gasteiger partial charge on any atom is -0.480 e. The zero-order chi connectivity index (χ0) is 14.1. The lowest BCUT2D eigenvalue weighted by molar-refractivity contribution is -0.137. The van der Waals surface area contributed by atoms with Gasteiger partial charge in [0.1, 0.15) is 10.8 Å². The number of hydrogen-bond donors (Lipinski definition) is 1. The van der Waals surface area contributed by atoms with E-state index in [1.165, 1.54) is 11.3 Å². The molecule has 0 unspecified atom stereocenters. The maximum Gasteiger partial charge on any atom is 0.318 e. The molecule has 1 aromatic rings. The zero-order valence-corrected chi connectivity index (χ0v) is 12.4. The Hall–Kier alpha value is -0.920. The predicted molar refractivity (Wildman–Crippen MR) is 70.5 cm³/mol. The molecular weight excluding hydrogens is 274 g/mol. The van der Waals surface area contributed by atoms with Crippen LogP contribution in [0.4, 0.5) is 0 Å². The van der Waals surface area contributed by atoms with Gasteiger partial charge in [-0.25, -0.2) is 8.42 Å². The van der Waals surface area contributed by atoms with E-state index in [0.717, 1.165) is 9.18 Å². The van der Waals surface area contributed by atoms with E-state index in [4.69, 9.17) is 5.11 Å². The van der Waals surface area contributed by atoms with Crippen molar-refractivity contribution in [2.45, 2.75) is 37.9 Å². The van der Waals surface area contributed by atoms with E-state index in [2.05, 4.69) is 0 Å². The van der Waals surface area contributed by atoms with Crippen LogP contribution in [0.2, 0.25) is 0 Å². The highest BCUT2D eigenvalue weighted by molar-refractivity contribution is 7.91. The van der Waals surface area contributed by atoms with Crippen LogP contribution >= 0.6 is 11.3 Å². The highest BCUT2D eigenvalue weighted by Crippen LogP contribution is 2.29. The summed E-state index contributed by atoms with van der Waals surface area (Å²) in [6, 6.07) is 1.39. The third-order valence-corrected chi connectivity index (χ3v) is 6.19.